The molecular formula is C14H16ClN3. The molecule has 0 aliphatic heterocycles. The molecule has 0 fully saturated rings. The molecule has 0 saturated heterocycles. The van der Waals surface area contributed by atoms with Crippen LogP contribution in [0.4, 0.5) is 5.82 Å². The first-order valence-electron chi connectivity index (χ1n) is 5.99. The number of nitrogens with zero attached hydrogens (tertiary/aromatic N) is 3. The molecule has 94 valence electrons. The van der Waals surface area contributed by atoms with Gasteiger partial charge in [-0.05, 0) is 31.0 Å². The van der Waals surface area contributed by atoms with Crippen LogP contribution in [0.25, 0.3) is 0 Å². The molecule has 0 aliphatic carbocycles. The van der Waals surface area contributed by atoms with E-state index in [1.54, 1.807) is 0 Å². The third-order valence-electron chi connectivity index (χ3n) is 2.74. The molecule has 4 heteroatoms. The number of hydrogen-bond acceptors (Lipinski definition) is 3. The zero-order valence-electron chi connectivity index (χ0n) is 10.6. The van der Waals surface area contributed by atoms with Crippen molar-refractivity contribution in [2.24, 2.45) is 0 Å². The lowest BCUT2D eigenvalue weighted by Gasteiger charge is -2.22. The van der Waals surface area contributed by atoms with E-state index in [9.17, 15) is 0 Å². The summed E-state index contributed by atoms with van der Waals surface area (Å²) < 4.78 is 0. The second-order valence-corrected chi connectivity index (χ2v) is 4.47. The van der Waals surface area contributed by atoms with Gasteiger partial charge in [-0.25, -0.2) is 9.97 Å². The van der Waals surface area contributed by atoms with Crippen LogP contribution >= 0.6 is 11.6 Å². The van der Waals surface area contributed by atoms with Crippen LogP contribution in [0.5, 0.6) is 0 Å². The lowest BCUT2D eigenvalue weighted by Crippen LogP contribution is -2.23. The third-order valence-corrected chi connectivity index (χ3v) is 2.90. The average molecular weight is 262 g/mol. The predicted molar refractivity (Wildman–Crippen MR) is 74.9 cm³/mol. The van der Waals surface area contributed by atoms with E-state index in [4.69, 9.17) is 11.6 Å². The van der Waals surface area contributed by atoms with Gasteiger partial charge < -0.3 is 4.90 Å². The van der Waals surface area contributed by atoms with Gasteiger partial charge in [-0.1, -0.05) is 30.3 Å². The maximum Gasteiger partial charge on any atom is 0.224 e. The highest BCUT2D eigenvalue weighted by Gasteiger charge is 2.08. The highest BCUT2D eigenvalue weighted by Crippen LogP contribution is 2.17. The minimum atomic E-state index is 0.302. The molecule has 18 heavy (non-hydrogen) atoms. The number of rotatable bonds is 4. The van der Waals surface area contributed by atoms with Gasteiger partial charge in [0.1, 0.15) is 5.82 Å². The van der Waals surface area contributed by atoms with Crippen LogP contribution in [-0.4, -0.2) is 16.5 Å². The van der Waals surface area contributed by atoms with Crippen molar-refractivity contribution in [2.75, 3.05) is 11.4 Å². The van der Waals surface area contributed by atoms with Gasteiger partial charge in [0.25, 0.3) is 0 Å². The van der Waals surface area contributed by atoms with Crippen molar-refractivity contribution >= 4 is 17.4 Å². The summed E-state index contributed by atoms with van der Waals surface area (Å²) in [5, 5.41) is 0.302. The Morgan fingerprint density at radius 3 is 2.50 bits per heavy atom. The fourth-order valence-electron chi connectivity index (χ4n) is 1.84. The molecule has 1 aromatic heterocycles. The van der Waals surface area contributed by atoms with Crippen molar-refractivity contribution in [3.05, 3.63) is 52.9 Å². The van der Waals surface area contributed by atoms with E-state index in [1.807, 2.05) is 31.2 Å². The molecule has 0 atom stereocenters. The minimum Gasteiger partial charge on any atom is -0.352 e. The SMILES string of the molecule is CCN(Cc1ccccc1)c1cc(C)nc(Cl)n1. The van der Waals surface area contributed by atoms with E-state index in [0.717, 1.165) is 24.6 Å². The summed E-state index contributed by atoms with van der Waals surface area (Å²) in [5.74, 6) is 0.874. The first-order valence-corrected chi connectivity index (χ1v) is 6.37. The second kappa shape index (κ2) is 5.83. The molecule has 0 bridgehead atoms. The van der Waals surface area contributed by atoms with Crippen molar-refractivity contribution in [3.63, 3.8) is 0 Å². The number of benzene rings is 1. The highest BCUT2D eigenvalue weighted by atomic mass is 35.5. The Hall–Kier alpha value is -1.61. The highest BCUT2D eigenvalue weighted by molar-refractivity contribution is 6.28. The molecule has 1 aromatic carbocycles. The fraction of sp³-hybridized carbons (Fsp3) is 0.286. The molecule has 0 spiro atoms. The summed E-state index contributed by atoms with van der Waals surface area (Å²) in [7, 11) is 0. The molecule has 0 amide bonds. The van der Waals surface area contributed by atoms with E-state index in [2.05, 4.69) is 33.9 Å². The van der Waals surface area contributed by atoms with Crippen molar-refractivity contribution in [1.82, 2.24) is 9.97 Å². The summed E-state index contributed by atoms with van der Waals surface area (Å²) in [6, 6.07) is 12.3. The number of aryl methyl sites for hydroxylation is 1. The summed E-state index contributed by atoms with van der Waals surface area (Å²) in [4.78, 5) is 10.5. The first kappa shape index (κ1) is 12.8. The molecule has 1 heterocycles. The second-order valence-electron chi connectivity index (χ2n) is 4.14. The van der Waals surface area contributed by atoms with Crippen molar-refractivity contribution in [2.45, 2.75) is 20.4 Å². The molecular weight excluding hydrogens is 246 g/mol. The van der Waals surface area contributed by atoms with Gasteiger partial charge in [-0.15, -0.1) is 0 Å². The Labute approximate surface area is 112 Å². The number of aromatic nitrogens is 2. The Bertz CT molecular complexity index is 493. The van der Waals surface area contributed by atoms with Gasteiger partial charge in [-0.2, -0.15) is 0 Å². The van der Waals surface area contributed by atoms with E-state index < -0.39 is 0 Å². The van der Waals surface area contributed by atoms with Crippen LogP contribution in [-0.2, 0) is 6.54 Å². The monoisotopic (exact) mass is 261 g/mol. The van der Waals surface area contributed by atoms with Crippen LogP contribution in [0.3, 0.4) is 0 Å². The quantitative estimate of drug-likeness (QED) is 0.790. The Kier molecular flexibility index (Phi) is 4.15. The van der Waals surface area contributed by atoms with Gasteiger partial charge in [-0.3, -0.25) is 0 Å². The molecule has 3 nitrogen and oxygen atoms in total. The van der Waals surface area contributed by atoms with Crippen LogP contribution in [0.15, 0.2) is 36.4 Å². The van der Waals surface area contributed by atoms with Gasteiger partial charge in [0.05, 0.1) is 0 Å². The lowest BCUT2D eigenvalue weighted by atomic mass is 10.2. The van der Waals surface area contributed by atoms with Crippen molar-refractivity contribution in [1.29, 1.82) is 0 Å². The number of anilines is 1. The molecule has 0 N–H and O–H groups in total. The normalized spacial score (nSPS) is 10.4. The smallest absolute Gasteiger partial charge is 0.224 e. The van der Waals surface area contributed by atoms with E-state index in [-0.39, 0.29) is 0 Å². The predicted octanol–water partition coefficient (Wildman–Crippen LogP) is 3.46. The van der Waals surface area contributed by atoms with Crippen molar-refractivity contribution < 1.29 is 0 Å². The van der Waals surface area contributed by atoms with Gasteiger partial charge in [0, 0.05) is 24.8 Å². The molecule has 0 unspecified atom stereocenters. The Morgan fingerprint density at radius 1 is 1.17 bits per heavy atom. The summed E-state index contributed by atoms with van der Waals surface area (Å²) in [6.45, 7) is 5.73. The van der Waals surface area contributed by atoms with E-state index in [0.29, 0.717) is 5.28 Å². The number of hydrogen-bond donors (Lipinski definition) is 0. The van der Waals surface area contributed by atoms with Gasteiger partial charge >= 0.3 is 0 Å². The Morgan fingerprint density at radius 2 is 1.89 bits per heavy atom. The molecule has 0 aliphatic rings. The molecule has 0 radical (unpaired) electrons. The van der Waals surface area contributed by atoms with Crippen molar-refractivity contribution in [3.8, 4) is 0 Å². The van der Waals surface area contributed by atoms with E-state index >= 15 is 0 Å². The van der Waals surface area contributed by atoms with E-state index in [1.165, 1.54) is 5.56 Å². The standard InChI is InChI=1S/C14H16ClN3/c1-3-18(10-12-7-5-4-6-8-12)13-9-11(2)16-14(15)17-13/h4-9H,3,10H2,1-2H3. The summed E-state index contributed by atoms with van der Waals surface area (Å²) in [5.41, 5.74) is 2.14. The van der Waals surface area contributed by atoms with Crippen LogP contribution in [0.1, 0.15) is 18.2 Å². The average Bonchev–Trinajstić information content (AvgIpc) is 2.36. The Balaban J connectivity index is 2.23. The maximum absolute atomic E-state index is 5.91. The van der Waals surface area contributed by atoms with Crippen LogP contribution in [0.2, 0.25) is 5.28 Å². The van der Waals surface area contributed by atoms with Crippen LogP contribution < -0.4 is 4.90 Å². The topological polar surface area (TPSA) is 29.0 Å². The zero-order chi connectivity index (χ0) is 13.0. The molecule has 0 saturated carbocycles. The lowest BCUT2D eigenvalue weighted by molar-refractivity contribution is 0.808. The molecule has 2 aromatic rings. The van der Waals surface area contributed by atoms with Gasteiger partial charge in [0.2, 0.25) is 5.28 Å². The maximum atomic E-state index is 5.91. The summed E-state index contributed by atoms with van der Waals surface area (Å²) >= 11 is 5.91. The summed E-state index contributed by atoms with van der Waals surface area (Å²) in [6.07, 6.45) is 0. The largest absolute Gasteiger partial charge is 0.352 e. The minimum absolute atomic E-state index is 0.302. The molecule has 2 rings (SSSR count). The first-order chi connectivity index (χ1) is 8.69. The third kappa shape index (κ3) is 3.20. The van der Waals surface area contributed by atoms with Crippen LogP contribution in [0, 0.1) is 6.92 Å². The number of halogens is 1. The zero-order valence-corrected chi connectivity index (χ0v) is 11.4. The van der Waals surface area contributed by atoms with Gasteiger partial charge in [0.15, 0.2) is 0 Å². The fourth-order valence-corrected chi connectivity index (χ4v) is 2.06.